The predicted octanol–water partition coefficient (Wildman–Crippen LogP) is 5.41. The number of amides is 2. The summed E-state index contributed by atoms with van der Waals surface area (Å²) in [6, 6.07) is 7.35. The molecule has 230 valence electrons. The SMILES string of the molecule is CCOc1c(C(N)=O)cc([C@@](O)(CNC(=O)c2cc(OC)c3nn(C4CC4)cc3c2)C2CC2)nc1-c1cc(Cl)c(F)cc1Cl. The average molecular weight is 643 g/mol. The molecule has 0 bridgehead atoms. The maximum absolute atomic E-state index is 14.2. The van der Waals surface area contributed by atoms with Gasteiger partial charge in [-0.1, -0.05) is 23.2 Å². The fourth-order valence-electron chi connectivity index (χ4n) is 5.37. The van der Waals surface area contributed by atoms with E-state index in [0.29, 0.717) is 35.7 Å². The standard InChI is InChI=1S/C31H30Cl2FN5O5/c1-3-44-28-20(29(35)40)11-25(37-27(28)19-10-22(33)23(34)12-21(19)32)31(42,17-4-5-17)14-36-30(41)15-8-16-13-39(18-6-7-18)38-26(16)24(9-15)43-2/h8-13,17-18,42H,3-7,14H2,1-2H3,(H2,35,40)(H,36,41)/t31-/m1/s1. The number of carbonyl (C=O) groups excluding carboxylic acids is 2. The maximum atomic E-state index is 14.2. The molecule has 44 heavy (non-hydrogen) atoms. The summed E-state index contributed by atoms with van der Waals surface area (Å²) in [5, 5.41) is 20.1. The monoisotopic (exact) mass is 641 g/mol. The lowest BCUT2D eigenvalue weighted by Crippen LogP contribution is -2.43. The summed E-state index contributed by atoms with van der Waals surface area (Å²) in [4.78, 5) is 30.8. The van der Waals surface area contributed by atoms with Crippen molar-refractivity contribution >= 4 is 45.9 Å². The van der Waals surface area contributed by atoms with Crippen LogP contribution in [0.5, 0.6) is 11.5 Å². The molecule has 2 amide bonds. The first-order valence-electron chi connectivity index (χ1n) is 14.2. The molecule has 0 saturated heterocycles. The van der Waals surface area contributed by atoms with Crippen LogP contribution in [0.3, 0.4) is 0 Å². The number of benzene rings is 2. The summed E-state index contributed by atoms with van der Waals surface area (Å²) in [6.45, 7) is 1.63. The highest BCUT2D eigenvalue weighted by Crippen LogP contribution is 2.47. The van der Waals surface area contributed by atoms with Crippen LogP contribution in [0.4, 0.5) is 4.39 Å². The second-order valence-corrected chi connectivity index (χ2v) is 11.9. The zero-order valence-corrected chi connectivity index (χ0v) is 25.5. The molecule has 0 spiro atoms. The molecule has 13 heteroatoms. The molecule has 4 aromatic rings. The van der Waals surface area contributed by atoms with Crippen molar-refractivity contribution in [3.63, 3.8) is 0 Å². The number of nitrogens with one attached hydrogen (secondary N) is 1. The summed E-state index contributed by atoms with van der Waals surface area (Å²) in [5.74, 6) is -1.82. The van der Waals surface area contributed by atoms with Gasteiger partial charge in [-0.3, -0.25) is 14.3 Å². The van der Waals surface area contributed by atoms with Crippen LogP contribution in [0.15, 0.2) is 36.5 Å². The number of hydrogen-bond donors (Lipinski definition) is 3. The number of rotatable bonds is 11. The Kier molecular flexibility index (Phi) is 7.89. The summed E-state index contributed by atoms with van der Waals surface area (Å²) in [6.07, 6.45) is 5.33. The molecule has 2 saturated carbocycles. The van der Waals surface area contributed by atoms with Gasteiger partial charge in [-0.25, -0.2) is 9.37 Å². The first-order valence-corrected chi connectivity index (χ1v) is 15.0. The van der Waals surface area contributed by atoms with E-state index >= 15 is 0 Å². The fourth-order valence-corrected chi connectivity index (χ4v) is 5.78. The van der Waals surface area contributed by atoms with E-state index in [1.165, 1.54) is 19.2 Å². The Morgan fingerprint density at radius 3 is 2.55 bits per heavy atom. The Balaban J connectivity index is 1.38. The van der Waals surface area contributed by atoms with Gasteiger partial charge >= 0.3 is 0 Å². The Labute approximate surface area is 262 Å². The first kappa shape index (κ1) is 30.1. The van der Waals surface area contributed by atoms with Crippen molar-refractivity contribution in [2.24, 2.45) is 11.7 Å². The second kappa shape index (κ2) is 11.5. The lowest BCUT2D eigenvalue weighted by atomic mass is 9.90. The van der Waals surface area contributed by atoms with Crippen LogP contribution in [0.25, 0.3) is 22.2 Å². The molecule has 4 N–H and O–H groups in total. The van der Waals surface area contributed by atoms with E-state index in [-0.39, 0.29) is 57.4 Å². The summed E-state index contributed by atoms with van der Waals surface area (Å²) < 4.78 is 27.3. The smallest absolute Gasteiger partial charge is 0.252 e. The highest BCUT2D eigenvalue weighted by Gasteiger charge is 2.47. The van der Waals surface area contributed by atoms with Gasteiger partial charge in [0.15, 0.2) is 5.75 Å². The van der Waals surface area contributed by atoms with Gasteiger partial charge in [0.2, 0.25) is 0 Å². The van der Waals surface area contributed by atoms with Crippen molar-refractivity contribution in [3.8, 4) is 22.8 Å². The number of fused-ring (bicyclic) bond motifs is 1. The number of pyridine rings is 1. The molecule has 10 nitrogen and oxygen atoms in total. The number of nitrogens with zero attached hydrogens (tertiary/aromatic N) is 3. The van der Waals surface area contributed by atoms with Crippen molar-refractivity contribution in [3.05, 3.63) is 69.2 Å². The van der Waals surface area contributed by atoms with Crippen LogP contribution in [0.1, 0.15) is 65.1 Å². The largest absolute Gasteiger partial charge is 0.494 e. The van der Waals surface area contributed by atoms with Gasteiger partial charge < -0.3 is 25.6 Å². The average Bonchev–Trinajstić information content (AvgIpc) is 3.94. The third-order valence-electron chi connectivity index (χ3n) is 8.00. The number of hydrogen-bond acceptors (Lipinski definition) is 7. The number of aliphatic hydroxyl groups is 1. The molecule has 0 radical (unpaired) electrons. The Morgan fingerprint density at radius 1 is 1.16 bits per heavy atom. The van der Waals surface area contributed by atoms with E-state index in [0.717, 1.165) is 24.3 Å². The zero-order chi connectivity index (χ0) is 31.3. The molecular formula is C31H30Cl2FN5O5. The normalized spacial score (nSPS) is 16.0. The van der Waals surface area contributed by atoms with Crippen LogP contribution in [-0.4, -0.2) is 51.9 Å². The third kappa shape index (κ3) is 5.55. The quantitative estimate of drug-likeness (QED) is 0.186. The molecule has 6 rings (SSSR count). The highest BCUT2D eigenvalue weighted by molar-refractivity contribution is 6.35. The molecule has 2 fully saturated rings. The van der Waals surface area contributed by atoms with Crippen LogP contribution in [-0.2, 0) is 5.60 Å². The van der Waals surface area contributed by atoms with Crippen molar-refractivity contribution in [2.45, 2.75) is 44.2 Å². The summed E-state index contributed by atoms with van der Waals surface area (Å²) >= 11 is 12.5. The third-order valence-corrected chi connectivity index (χ3v) is 8.60. The number of primary amides is 1. The molecule has 2 heterocycles. The van der Waals surface area contributed by atoms with Gasteiger partial charge in [-0.05, 0) is 68.9 Å². The predicted molar refractivity (Wildman–Crippen MR) is 163 cm³/mol. The summed E-state index contributed by atoms with van der Waals surface area (Å²) in [7, 11) is 1.52. The maximum Gasteiger partial charge on any atom is 0.252 e. The molecule has 0 aliphatic heterocycles. The zero-order valence-electron chi connectivity index (χ0n) is 24.0. The van der Waals surface area contributed by atoms with Crippen LogP contribution in [0, 0.1) is 11.7 Å². The van der Waals surface area contributed by atoms with E-state index in [1.807, 2.05) is 10.9 Å². The van der Waals surface area contributed by atoms with Crippen LogP contribution >= 0.6 is 23.2 Å². The molecule has 0 unspecified atom stereocenters. The topological polar surface area (TPSA) is 142 Å². The van der Waals surface area contributed by atoms with Gasteiger partial charge in [-0.15, -0.1) is 0 Å². The molecule has 2 aromatic heterocycles. The molecule has 2 aromatic carbocycles. The lowest BCUT2D eigenvalue weighted by molar-refractivity contribution is 0.00946. The minimum absolute atomic E-state index is 0.0163. The highest BCUT2D eigenvalue weighted by atomic mass is 35.5. The first-order chi connectivity index (χ1) is 21.0. The van der Waals surface area contributed by atoms with Gasteiger partial charge in [0.25, 0.3) is 11.8 Å². The van der Waals surface area contributed by atoms with Crippen LogP contribution in [0.2, 0.25) is 10.0 Å². The van der Waals surface area contributed by atoms with Gasteiger partial charge in [0, 0.05) is 22.7 Å². The van der Waals surface area contributed by atoms with E-state index in [4.69, 9.17) is 38.4 Å². The number of carbonyl (C=O) groups is 2. The van der Waals surface area contributed by atoms with Gasteiger partial charge in [-0.2, -0.15) is 5.10 Å². The minimum atomic E-state index is -1.69. The Hall–Kier alpha value is -3.93. The number of aromatic nitrogens is 3. The van der Waals surface area contributed by atoms with E-state index in [2.05, 4.69) is 15.4 Å². The van der Waals surface area contributed by atoms with Gasteiger partial charge in [0.1, 0.15) is 28.4 Å². The van der Waals surface area contributed by atoms with Crippen molar-refractivity contribution in [2.75, 3.05) is 20.3 Å². The van der Waals surface area contributed by atoms with E-state index < -0.39 is 23.2 Å². The van der Waals surface area contributed by atoms with E-state index in [9.17, 15) is 19.1 Å². The minimum Gasteiger partial charge on any atom is -0.494 e. The number of halogens is 3. The number of nitrogens with two attached hydrogens (primary N) is 1. The number of ether oxygens (including phenoxy) is 2. The number of methoxy groups -OCH3 is 1. The molecule has 1 atom stereocenters. The Morgan fingerprint density at radius 2 is 1.91 bits per heavy atom. The van der Waals surface area contributed by atoms with Crippen molar-refractivity contribution in [1.29, 1.82) is 0 Å². The summed E-state index contributed by atoms with van der Waals surface area (Å²) in [5.41, 5.74) is 5.29. The van der Waals surface area contributed by atoms with Crippen molar-refractivity contribution in [1.82, 2.24) is 20.1 Å². The molecular weight excluding hydrogens is 612 g/mol. The van der Waals surface area contributed by atoms with Crippen molar-refractivity contribution < 1.29 is 28.6 Å². The molecule has 2 aliphatic carbocycles. The second-order valence-electron chi connectivity index (χ2n) is 11.1. The lowest BCUT2D eigenvalue weighted by Gasteiger charge is -2.29. The van der Waals surface area contributed by atoms with E-state index in [1.54, 1.807) is 19.1 Å². The molecule has 2 aliphatic rings. The van der Waals surface area contributed by atoms with Gasteiger partial charge in [0.05, 0.1) is 47.6 Å². The Bertz CT molecular complexity index is 1810. The van der Waals surface area contributed by atoms with Crippen LogP contribution < -0.4 is 20.5 Å². The fraction of sp³-hybridized carbons (Fsp3) is 0.355.